The summed E-state index contributed by atoms with van der Waals surface area (Å²) in [6.45, 7) is 1.28. The van der Waals surface area contributed by atoms with E-state index in [0.29, 0.717) is 11.1 Å². The monoisotopic (exact) mass is 459 g/mol. The molecule has 10 nitrogen and oxygen atoms in total. The van der Waals surface area contributed by atoms with Crippen molar-refractivity contribution in [1.82, 2.24) is 5.32 Å². The van der Waals surface area contributed by atoms with Crippen molar-refractivity contribution in [3.8, 4) is 0 Å². The number of nitro benzene ring substituents is 1. The third-order valence-corrected chi connectivity index (χ3v) is 5.78. The SMILES string of the molecule is Cc1ccc(NC(CNC2C=C(CO)[C@@H](O)C(O)[C@H]2O)C(O)c2ccccc2)c([N+](=O)[O-])c1. The Balaban J connectivity index is 1.87. The lowest BCUT2D eigenvalue weighted by molar-refractivity contribution is -0.384. The van der Waals surface area contributed by atoms with Crippen LogP contribution in [0.2, 0.25) is 0 Å². The van der Waals surface area contributed by atoms with Gasteiger partial charge in [-0.05, 0) is 29.7 Å². The molecule has 0 saturated carbocycles. The van der Waals surface area contributed by atoms with Crippen molar-refractivity contribution in [2.24, 2.45) is 0 Å². The largest absolute Gasteiger partial charge is 0.392 e. The molecule has 2 aromatic carbocycles. The lowest BCUT2D eigenvalue weighted by Crippen LogP contribution is -2.55. The number of hydrogen-bond donors (Lipinski definition) is 7. The van der Waals surface area contributed by atoms with Crippen LogP contribution in [0.15, 0.2) is 60.2 Å². The van der Waals surface area contributed by atoms with Crippen molar-refractivity contribution in [3.63, 3.8) is 0 Å². The standard InChI is InChI=1S/C23H29N3O7/c1-13-7-8-16(19(9-13)26(32)33)25-18(20(28)14-5-3-2-4-6-14)11-24-17-10-15(12-27)21(29)23(31)22(17)30/h2-10,17-18,20-25,27-31H,11-12H2,1H3/t17?,18?,20?,21-,22+,23?/m1/s1. The van der Waals surface area contributed by atoms with E-state index in [1.807, 2.05) is 0 Å². The molecule has 10 heteroatoms. The summed E-state index contributed by atoms with van der Waals surface area (Å²) in [7, 11) is 0. The van der Waals surface area contributed by atoms with Crippen LogP contribution in [0.1, 0.15) is 17.2 Å². The molecule has 7 N–H and O–H groups in total. The average Bonchev–Trinajstić information content (AvgIpc) is 2.82. The molecule has 0 heterocycles. The molecule has 33 heavy (non-hydrogen) atoms. The molecule has 6 atom stereocenters. The van der Waals surface area contributed by atoms with E-state index >= 15 is 0 Å². The predicted molar refractivity (Wildman–Crippen MR) is 122 cm³/mol. The smallest absolute Gasteiger partial charge is 0.292 e. The van der Waals surface area contributed by atoms with E-state index < -0.39 is 48.0 Å². The molecule has 0 amide bonds. The highest BCUT2D eigenvalue weighted by molar-refractivity contribution is 5.63. The number of anilines is 1. The number of nitro groups is 1. The number of benzene rings is 2. The van der Waals surface area contributed by atoms with Gasteiger partial charge in [0.05, 0.1) is 23.6 Å². The summed E-state index contributed by atoms with van der Waals surface area (Å²) < 4.78 is 0. The molecule has 0 fully saturated rings. The lowest BCUT2D eigenvalue weighted by Gasteiger charge is -2.36. The maximum atomic E-state index is 11.6. The number of nitrogens with zero attached hydrogens (tertiary/aromatic N) is 1. The minimum absolute atomic E-state index is 0.0286. The van der Waals surface area contributed by atoms with Crippen molar-refractivity contribution in [2.45, 2.75) is 43.4 Å². The van der Waals surface area contributed by atoms with E-state index in [1.165, 1.54) is 12.1 Å². The van der Waals surface area contributed by atoms with Crippen molar-refractivity contribution >= 4 is 11.4 Å². The molecule has 0 radical (unpaired) electrons. The van der Waals surface area contributed by atoms with Crippen LogP contribution in [0.25, 0.3) is 0 Å². The van der Waals surface area contributed by atoms with Crippen LogP contribution in [-0.4, -0.2) is 74.0 Å². The fraction of sp³-hybridized carbons (Fsp3) is 0.391. The minimum atomic E-state index is -1.50. The summed E-state index contributed by atoms with van der Waals surface area (Å²) >= 11 is 0. The van der Waals surface area contributed by atoms with Gasteiger partial charge in [-0.3, -0.25) is 10.1 Å². The van der Waals surface area contributed by atoms with Crippen LogP contribution in [0.3, 0.4) is 0 Å². The Morgan fingerprint density at radius 3 is 2.42 bits per heavy atom. The molecular weight excluding hydrogens is 430 g/mol. The minimum Gasteiger partial charge on any atom is -0.392 e. The second-order valence-corrected chi connectivity index (χ2v) is 8.14. The zero-order valence-electron chi connectivity index (χ0n) is 18.1. The Morgan fingerprint density at radius 1 is 1.09 bits per heavy atom. The number of hydrogen-bond acceptors (Lipinski definition) is 9. The summed E-state index contributed by atoms with van der Waals surface area (Å²) in [6.07, 6.45) is -3.89. The Kier molecular flexibility index (Phi) is 8.14. The maximum absolute atomic E-state index is 11.6. The van der Waals surface area contributed by atoms with Gasteiger partial charge in [-0.1, -0.05) is 42.5 Å². The van der Waals surface area contributed by atoms with Gasteiger partial charge in [-0.25, -0.2) is 0 Å². The first-order valence-electron chi connectivity index (χ1n) is 10.6. The zero-order chi connectivity index (χ0) is 24.1. The summed E-state index contributed by atoms with van der Waals surface area (Å²) in [5.74, 6) is 0. The van der Waals surface area contributed by atoms with Gasteiger partial charge in [-0.15, -0.1) is 0 Å². The third-order valence-electron chi connectivity index (χ3n) is 5.78. The van der Waals surface area contributed by atoms with Gasteiger partial charge >= 0.3 is 0 Å². The number of aliphatic hydroxyl groups is 5. The molecule has 1 aliphatic carbocycles. The highest BCUT2D eigenvalue weighted by Crippen LogP contribution is 2.29. The Labute approximate surface area is 191 Å². The highest BCUT2D eigenvalue weighted by Gasteiger charge is 2.37. The topological polar surface area (TPSA) is 168 Å². The van der Waals surface area contributed by atoms with Crippen molar-refractivity contribution in [2.75, 3.05) is 18.5 Å². The van der Waals surface area contributed by atoms with Crippen molar-refractivity contribution in [3.05, 3.63) is 81.4 Å². The molecule has 4 unspecified atom stereocenters. The van der Waals surface area contributed by atoms with Crippen LogP contribution < -0.4 is 10.6 Å². The Hall–Kier alpha value is -2.86. The molecule has 0 aliphatic heterocycles. The van der Waals surface area contributed by atoms with Gasteiger partial charge in [0.15, 0.2) is 0 Å². The van der Waals surface area contributed by atoms with Crippen molar-refractivity contribution < 1.29 is 30.5 Å². The molecule has 0 aromatic heterocycles. The van der Waals surface area contributed by atoms with Crippen LogP contribution in [0, 0.1) is 17.0 Å². The molecule has 0 bridgehead atoms. The normalized spacial score (nSPS) is 24.6. The van der Waals surface area contributed by atoms with E-state index in [-0.39, 0.29) is 23.5 Å². The molecular formula is C23H29N3O7. The van der Waals surface area contributed by atoms with Gasteiger partial charge < -0.3 is 36.2 Å². The fourth-order valence-corrected chi connectivity index (χ4v) is 3.87. The summed E-state index contributed by atoms with van der Waals surface area (Å²) in [6, 6.07) is 11.9. The number of rotatable bonds is 9. The second kappa shape index (κ2) is 10.8. The van der Waals surface area contributed by atoms with Gasteiger partial charge in [-0.2, -0.15) is 0 Å². The fourth-order valence-electron chi connectivity index (χ4n) is 3.87. The molecule has 2 aromatic rings. The van der Waals surface area contributed by atoms with Crippen LogP contribution >= 0.6 is 0 Å². The van der Waals surface area contributed by atoms with Gasteiger partial charge in [0.1, 0.15) is 30.1 Å². The predicted octanol–water partition coefficient (Wildman–Crippen LogP) is 0.391. The first-order valence-corrected chi connectivity index (χ1v) is 10.6. The highest BCUT2D eigenvalue weighted by atomic mass is 16.6. The Morgan fingerprint density at radius 2 is 1.79 bits per heavy atom. The third kappa shape index (κ3) is 5.74. The van der Waals surface area contributed by atoms with Crippen molar-refractivity contribution in [1.29, 1.82) is 0 Å². The van der Waals surface area contributed by atoms with Crippen LogP contribution in [-0.2, 0) is 0 Å². The molecule has 3 rings (SSSR count). The first kappa shape index (κ1) is 24.8. The van der Waals surface area contributed by atoms with E-state index in [4.69, 9.17) is 0 Å². The van der Waals surface area contributed by atoms with Gasteiger partial charge in [0.2, 0.25) is 0 Å². The lowest BCUT2D eigenvalue weighted by atomic mass is 9.88. The number of aryl methyl sites for hydroxylation is 1. The molecule has 178 valence electrons. The van der Waals surface area contributed by atoms with E-state index in [1.54, 1.807) is 49.4 Å². The zero-order valence-corrected chi connectivity index (χ0v) is 18.1. The van der Waals surface area contributed by atoms with Crippen LogP contribution in [0.4, 0.5) is 11.4 Å². The second-order valence-electron chi connectivity index (χ2n) is 8.14. The molecule has 0 saturated heterocycles. The van der Waals surface area contributed by atoms with Crippen LogP contribution in [0.5, 0.6) is 0 Å². The Bertz CT molecular complexity index is 985. The quantitative estimate of drug-likeness (QED) is 0.159. The number of nitrogens with one attached hydrogen (secondary N) is 2. The average molecular weight is 459 g/mol. The first-order chi connectivity index (χ1) is 15.7. The number of aliphatic hydroxyl groups excluding tert-OH is 5. The molecule has 0 spiro atoms. The van der Waals surface area contributed by atoms with E-state index in [2.05, 4.69) is 10.6 Å². The van der Waals surface area contributed by atoms with E-state index in [9.17, 15) is 35.6 Å². The van der Waals surface area contributed by atoms with Gasteiger partial charge in [0.25, 0.3) is 5.69 Å². The summed E-state index contributed by atoms with van der Waals surface area (Å²) in [4.78, 5) is 11.0. The summed E-state index contributed by atoms with van der Waals surface area (Å²) in [5, 5.41) is 68.5. The summed E-state index contributed by atoms with van der Waals surface area (Å²) in [5.41, 5.74) is 1.54. The maximum Gasteiger partial charge on any atom is 0.292 e. The van der Waals surface area contributed by atoms with E-state index in [0.717, 1.165) is 0 Å². The van der Waals surface area contributed by atoms with Gasteiger partial charge in [0, 0.05) is 12.6 Å². The molecule has 1 aliphatic rings.